The first-order chi connectivity index (χ1) is 15.6. The number of nitrogens with one attached hydrogen (secondary N) is 1. The number of aryl methyl sites for hydroxylation is 3. The summed E-state index contributed by atoms with van der Waals surface area (Å²) in [5, 5.41) is 2.95. The molecule has 0 aliphatic rings. The second kappa shape index (κ2) is 10.1. The standard InChI is InChI=1S/C26H30N2O4S/c1-18-11-13-20(3)23(15-18)21(4)27-26(29)17-28(24-16-19(2)12-14-25(24)32-5)33(30,31)22-9-7-6-8-10-22/h6-16,21H,17H2,1-5H3,(H,27,29). The lowest BCUT2D eigenvalue weighted by molar-refractivity contribution is -0.120. The van der Waals surface area contributed by atoms with E-state index >= 15 is 0 Å². The summed E-state index contributed by atoms with van der Waals surface area (Å²) in [7, 11) is -2.55. The van der Waals surface area contributed by atoms with Crippen LogP contribution in [0.2, 0.25) is 0 Å². The summed E-state index contributed by atoms with van der Waals surface area (Å²) in [6.07, 6.45) is 0. The van der Waals surface area contributed by atoms with Crippen molar-refractivity contribution in [1.82, 2.24) is 5.32 Å². The van der Waals surface area contributed by atoms with E-state index in [0.717, 1.165) is 26.6 Å². The highest BCUT2D eigenvalue weighted by atomic mass is 32.2. The highest BCUT2D eigenvalue weighted by molar-refractivity contribution is 7.92. The Hall–Kier alpha value is -3.32. The summed E-state index contributed by atoms with van der Waals surface area (Å²) in [6, 6.07) is 19.1. The molecule has 3 aromatic rings. The maximum Gasteiger partial charge on any atom is 0.264 e. The number of ether oxygens (including phenoxy) is 1. The Bertz CT molecular complexity index is 1240. The van der Waals surface area contributed by atoms with Gasteiger partial charge >= 0.3 is 0 Å². The highest BCUT2D eigenvalue weighted by Gasteiger charge is 2.30. The van der Waals surface area contributed by atoms with Gasteiger partial charge < -0.3 is 10.1 Å². The van der Waals surface area contributed by atoms with Gasteiger partial charge in [-0.25, -0.2) is 8.42 Å². The van der Waals surface area contributed by atoms with Crippen molar-refractivity contribution in [2.75, 3.05) is 18.0 Å². The number of hydrogen-bond acceptors (Lipinski definition) is 4. The highest BCUT2D eigenvalue weighted by Crippen LogP contribution is 2.33. The zero-order valence-corrected chi connectivity index (χ0v) is 20.4. The van der Waals surface area contributed by atoms with Gasteiger partial charge in [0.05, 0.1) is 23.7 Å². The van der Waals surface area contributed by atoms with E-state index in [4.69, 9.17) is 4.74 Å². The van der Waals surface area contributed by atoms with Crippen LogP contribution in [-0.4, -0.2) is 28.0 Å². The number of anilines is 1. The Morgan fingerprint density at radius 1 is 0.970 bits per heavy atom. The normalized spacial score (nSPS) is 12.2. The van der Waals surface area contributed by atoms with Crippen LogP contribution in [0.3, 0.4) is 0 Å². The molecule has 0 saturated heterocycles. The number of sulfonamides is 1. The molecule has 3 aromatic carbocycles. The smallest absolute Gasteiger partial charge is 0.264 e. The van der Waals surface area contributed by atoms with Gasteiger partial charge in [0.25, 0.3) is 10.0 Å². The SMILES string of the molecule is COc1ccc(C)cc1N(CC(=O)NC(C)c1cc(C)ccc1C)S(=O)(=O)c1ccccc1. The van der Waals surface area contributed by atoms with E-state index in [9.17, 15) is 13.2 Å². The van der Waals surface area contributed by atoms with Gasteiger partial charge in [-0.2, -0.15) is 0 Å². The van der Waals surface area contributed by atoms with E-state index in [1.165, 1.54) is 19.2 Å². The molecule has 0 aromatic heterocycles. The van der Waals surface area contributed by atoms with Crippen molar-refractivity contribution in [3.8, 4) is 5.75 Å². The molecule has 1 atom stereocenters. The van der Waals surface area contributed by atoms with Crippen LogP contribution in [-0.2, 0) is 14.8 Å². The van der Waals surface area contributed by atoms with Gasteiger partial charge in [-0.3, -0.25) is 9.10 Å². The number of nitrogens with zero attached hydrogens (tertiary/aromatic N) is 1. The van der Waals surface area contributed by atoms with Crippen LogP contribution < -0.4 is 14.4 Å². The third-order valence-corrected chi connectivity index (χ3v) is 7.27. The maximum atomic E-state index is 13.6. The van der Waals surface area contributed by atoms with Crippen molar-refractivity contribution in [3.63, 3.8) is 0 Å². The number of carbonyl (C=O) groups excluding carboxylic acids is 1. The Labute approximate surface area is 196 Å². The number of methoxy groups -OCH3 is 1. The second-order valence-electron chi connectivity index (χ2n) is 8.15. The monoisotopic (exact) mass is 466 g/mol. The fourth-order valence-corrected chi connectivity index (χ4v) is 5.18. The van der Waals surface area contributed by atoms with Crippen LogP contribution in [0.25, 0.3) is 0 Å². The van der Waals surface area contributed by atoms with E-state index in [-0.39, 0.29) is 17.5 Å². The largest absolute Gasteiger partial charge is 0.495 e. The molecule has 1 amide bonds. The molecule has 0 spiro atoms. The minimum Gasteiger partial charge on any atom is -0.495 e. The van der Waals surface area contributed by atoms with Gasteiger partial charge in [-0.1, -0.05) is 48.0 Å². The number of amides is 1. The first-order valence-corrected chi connectivity index (χ1v) is 12.2. The molecule has 33 heavy (non-hydrogen) atoms. The summed E-state index contributed by atoms with van der Waals surface area (Å²) in [4.78, 5) is 13.2. The first kappa shape index (κ1) is 24.3. The third-order valence-electron chi connectivity index (χ3n) is 5.50. The van der Waals surface area contributed by atoms with Crippen molar-refractivity contribution >= 4 is 21.6 Å². The molecule has 0 saturated carbocycles. The lowest BCUT2D eigenvalue weighted by Crippen LogP contribution is -2.41. The third kappa shape index (κ3) is 5.54. The molecule has 0 aliphatic heterocycles. The van der Waals surface area contributed by atoms with Crippen LogP contribution in [0.5, 0.6) is 5.75 Å². The fraction of sp³-hybridized carbons (Fsp3) is 0.269. The Morgan fingerprint density at radius 3 is 2.27 bits per heavy atom. The predicted octanol–water partition coefficient (Wildman–Crippen LogP) is 4.69. The molecule has 1 unspecified atom stereocenters. The minimum absolute atomic E-state index is 0.101. The molecular weight excluding hydrogens is 436 g/mol. The summed E-state index contributed by atoms with van der Waals surface area (Å²) >= 11 is 0. The van der Waals surface area contributed by atoms with Crippen molar-refractivity contribution in [2.45, 2.75) is 38.6 Å². The van der Waals surface area contributed by atoms with Crippen LogP contribution in [0, 0.1) is 20.8 Å². The average molecular weight is 467 g/mol. The van der Waals surface area contributed by atoms with Crippen LogP contribution in [0.4, 0.5) is 5.69 Å². The molecule has 7 heteroatoms. The van der Waals surface area contributed by atoms with Crippen molar-refractivity contribution in [1.29, 1.82) is 0 Å². The number of carbonyl (C=O) groups is 1. The van der Waals surface area contributed by atoms with Crippen molar-refractivity contribution in [2.24, 2.45) is 0 Å². The van der Waals surface area contributed by atoms with Crippen molar-refractivity contribution in [3.05, 3.63) is 89.0 Å². The van der Waals surface area contributed by atoms with Gasteiger partial charge in [0, 0.05) is 0 Å². The molecular formula is C26H30N2O4S. The maximum absolute atomic E-state index is 13.6. The molecule has 174 valence electrons. The molecule has 3 rings (SSSR count). The zero-order valence-electron chi connectivity index (χ0n) is 19.6. The molecule has 0 heterocycles. The molecule has 0 radical (unpaired) electrons. The van der Waals surface area contributed by atoms with Crippen LogP contribution in [0.15, 0.2) is 71.6 Å². The van der Waals surface area contributed by atoms with Gasteiger partial charge in [-0.15, -0.1) is 0 Å². The fourth-order valence-electron chi connectivity index (χ4n) is 3.74. The lowest BCUT2D eigenvalue weighted by Gasteiger charge is -2.27. The Morgan fingerprint density at radius 2 is 1.61 bits per heavy atom. The quantitative estimate of drug-likeness (QED) is 0.522. The van der Waals surface area contributed by atoms with E-state index < -0.39 is 15.9 Å². The number of benzene rings is 3. The van der Waals surface area contributed by atoms with Crippen LogP contribution in [0.1, 0.15) is 35.2 Å². The predicted molar refractivity (Wildman–Crippen MR) is 131 cm³/mol. The summed E-state index contributed by atoms with van der Waals surface area (Å²) < 4.78 is 33.7. The second-order valence-corrected chi connectivity index (χ2v) is 10.0. The van der Waals surface area contributed by atoms with E-state index in [0.29, 0.717) is 11.4 Å². The Balaban J connectivity index is 1.98. The molecule has 6 nitrogen and oxygen atoms in total. The zero-order chi connectivity index (χ0) is 24.2. The van der Waals surface area contributed by atoms with Gasteiger partial charge in [0.1, 0.15) is 12.3 Å². The van der Waals surface area contributed by atoms with E-state index in [1.807, 2.05) is 52.0 Å². The van der Waals surface area contributed by atoms with E-state index in [2.05, 4.69) is 5.32 Å². The van der Waals surface area contributed by atoms with Gasteiger partial charge in [-0.05, 0) is 68.7 Å². The topological polar surface area (TPSA) is 75.7 Å². The first-order valence-electron chi connectivity index (χ1n) is 10.7. The molecule has 1 N–H and O–H groups in total. The minimum atomic E-state index is -4.02. The van der Waals surface area contributed by atoms with Gasteiger partial charge in [0.15, 0.2) is 0 Å². The van der Waals surface area contributed by atoms with Gasteiger partial charge in [0.2, 0.25) is 5.91 Å². The Kier molecular flexibility index (Phi) is 7.43. The summed E-state index contributed by atoms with van der Waals surface area (Å²) in [5.41, 5.74) is 4.31. The lowest BCUT2D eigenvalue weighted by atomic mass is 10.00. The molecule has 0 bridgehead atoms. The average Bonchev–Trinajstić information content (AvgIpc) is 2.79. The molecule has 0 fully saturated rings. The van der Waals surface area contributed by atoms with Crippen LogP contribution >= 0.6 is 0 Å². The summed E-state index contributed by atoms with van der Waals surface area (Å²) in [5.74, 6) is -0.0399. The number of rotatable bonds is 8. The summed E-state index contributed by atoms with van der Waals surface area (Å²) in [6.45, 7) is 7.35. The molecule has 0 aliphatic carbocycles. The van der Waals surface area contributed by atoms with E-state index in [1.54, 1.807) is 30.3 Å². The van der Waals surface area contributed by atoms with Crippen molar-refractivity contribution < 1.29 is 17.9 Å². The number of hydrogen-bond donors (Lipinski definition) is 1.